The van der Waals surface area contributed by atoms with Gasteiger partial charge < -0.3 is 9.47 Å². The van der Waals surface area contributed by atoms with Gasteiger partial charge in [-0.1, -0.05) is 92.9 Å². The zero-order valence-corrected chi connectivity index (χ0v) is 32.0. The van der Waals surface area contributed by atoms with Crippen LogP contribution in [0.3, 0.4) is 0 Å². The van der Waals surface area contributed by atoms with Gasteiger partial charge >= 0.3 is 11.9 Å². The molecule has 0 aromatic rings. The van der Waals surface area contributed by atoms with Gasteiger partial charge in [-0.05, 0) is 89.1 Å². The molecule has 6 heteroatoms. The Morgan fingerprint density at radius 3 is 1.30 bits per heavy atom. The lowest BCUT2D eigenvalue weighted by Gasteiger charge is -2.50. The van der Waals surface area contributed by atoms with Crippen molar-refractivity contribution in [2.45, 2.75) is 94.9 Å². The Balaban J connectivity index is 0.000000310. The molecule has 6 unspecified atom stereocenters. The molecule has 4 nitrogen and oxygen atoms in total. The smallest absolute Gasteiger partial charge is 0.302 e. The molecule has 0 spiro atoms. The third-order valence-electron chi connectivity index (χ3n) is 11.9. The van der Waals surface area contributed by atoms with Crippen LogP contribution in [-0.4, -0.2) is 36.9 Å². The summed E-state index contributed by atoms with van der Waals surface area (Å²) in [5.74, 6) is 4.65. The number of carbonyl (C=O) groups is 2. The molecule has 6 atom stereocenters. The molecule has 0 bridgehead atoms. The highest BCUT2D eigenvalue weighted by molar-refractivity contribution is 6.18. The second-order valence-electron chi connectivity index (χ2n) is 15.8. The first kappa shape index (κ1) is 42.1. The van der Waals surface area contributed by atoms with Crippen LogP contribution in [0.4, 0.5) is 0 Å². The minimum Gasteiger partial charge on any atom is -0.466 e. The maximum atomic E-state index is 10.7. The van der Waals surface area contributed by atoms with Crippen LogP contribution >= 0.6 is 23.2 Å². The number of hydrogen-bond acceptors (Lipinski definition) is 4. The normalized spacial score (nSPS) is 29.8. The average Bonchev–Trinajstić information content (AvgIpc) is 2.97. The number of esters is 2. The van der Waals surface area contributed by atoms with E-state index in [2.05, 4.69) is 99.2 Å². The van der Waals surface area contributed by atoms with Crippen molar-refractivity contribution in [2.75, 3.05) is 25.0 Å². The van der Waals surface area contributed by atoms with Gasteiger partial charge in [-0.2, -0.15) is 0 Å². The van der Waals surface area contributed by atoms with Crippen molar-refractivity contribution in [1.29, 1.82) is 0 Å². The van der Waals surface area contributed by atoms with Crippen molar-refractivity contribution in [1.82, 2.24) is 0 Å². The van der Waals surface area contributed by atoms with E-state index >= 15 is 0 Å². The first-order valence-corrected chi connectivity index (χ1v) is 17.7. The van der Waals surface area contributed by atoms with E-state index < -0.39 is 0 Å². The van der Waals surface area contributed by atoms with E-state index in [9.17, 15) is 9.59 Å². The molecule has 0 heterocycles. The molecule has 0 radical (unpaired) electrons. The zero-order chi connectivity index (χ0) is 35.7. The van der Waals surface area contributed by atoms with E-state index in [1.54, 1.807) is 0 Å². The molecular weight excluding hydrogens is 615 g/mol. The largest absolute Gasteiger partial charge is 0.466 e. The van der Waals surface area contributed by atoms with Gasteiger partial charge in [0.05, 0.1) is 13.2 Å². The molecule has 0 aromatic carbocycles. The van der Waals surface area contributed by atoms with Crippen molar-refractivity contribution >= 4 is 35.1 Å². The molecule has 4 fully saturated rings. The van der Waals surface area contributed by atoms with Crippen LogP contribution in [-0.2, 0) is 19.1 Å². The Morgan fingerprint density at radius 1 is 0.696 bits per heavy atom. The van der Waals surface area contributed by atoms with Gasteiger partial charge in [0, 0.05) is 31.5 Å². The summed E-state index contributed by atoms with van der Waals surface area (Å²) in [7, 11) is 0. The van der Waals surface area contributed by atoms with Crippen LogP contribution in [0.2, 0.25) is 0 Å². The number of carbonyl (C=O) groups excluding carboxylic acids is 2. The highest BCUT2D eigenvalue weighted by Crippen LogP contribution is 2.53. The Morgan fingerprint density at radius 2 is 1.04 bits per heavy atom. The lowest BCUT2D eigenvalue weighted by molar-refractivity contribution is -0.148. The summed E-state index contributed by atoms with van der Waals surface area (Å²) in [5, 5.41) is 0. The first-order chi connectivity index (χ1) is 21.1. The average molecular weight is 678 g/mol. The quantitative estimate of drug-likeness (QED) is 0.111. The van der Waals surface area contributed by atoms with E-state index in [-0.39, 0.29) is 22.8 Å². The van der Waals surface area contributed by atoms with Gasteiger partial charge in [0.1, 0.15) is 0 Å². The molecule has 0 aliphatic heterocycles. The molecule has 46 heavy (non-hydrogen) atoms. The van der Waals surface area contributed by atoms with E-state index in [0.717, 1.165) is 31.0 Å². The van der Waals surface area contributed by atoms with Gasteiger partial charge in [0.25, 0.3) is 0 Å². The summed E-state index contributed by atoms with van der Waals surface area (Å²) in [6.07, 6.45) is 8.51. The molecule has 4 saturated carbocycles. The monoisotopic (exact) mass is 676 g/mol. The van der Waals surface area contributed by atoms with Crippen LogP contribution in [0, 0.1) is 57.2 Å². The van der Waals surface area contributed by atoms with Gasteiger partial charge in [-0.3, -0.25) is 9.59 Å². The maximum Gasteiger partial charge on any atom is 0.302 e. The summed E-state index contributed by atoms with van der Waals surface area (Å²) in [6.45, 7) is 36.7. The Bertz CT molecular complexity index is 1180. The van der Waals surface area contributed by atoms with E-state index in [1.165, 1.54) is 31.4 Å². The summed E-state index contributed by atoms with van der Waals surface area (Å²) < 4.78 is 9.97. The van der Waals surface area contributed by atoms with Crippen LogP contribution in [0.1, 0.15) is 94.9 Å². The van der Waals surface area contributed by atoms with Crippen molar-refractivity contribution in [3.8, 4) is 0 Å². The predicted molar refractivity (Wildman–Crippen MR) is 195 cm³/mol. The summed E-state index contributed by atoms with van der Waals surface area (Å²) in [6, 6.07) is 0. The molecule has 260 valence electrons. The summed E-state index contributed by atoms with van der Waals surface area (Å²) >= 11 is 11.5. The Kier molecular flexibility index (Phi) is 15.9. The lowest BCUT2D eigenvalue weighted by atomic mass is 9.55. The zero-order valence-electron chi connectivity index (χ0n) is 30.5. The summed E-state index contributed by atoms with van der Waals surface area (Å²) in [5.41, 5.74) is 9.36. The van der Waals surface area contributed by atoms with Crippen molar-refractivity contribution in [3.05, 3.63) is 61.1 Å². The molecule has 4 aliphatic carbocycles. The second kappa shape index (κ2) is 17.4. The minimum absolute atomic E-state index is 0.162. The van der Waals surface area contributed by atoms with Crippen LogP contribution in [0.25, 0.3) is 0 Å². The van der Waals surface area contributed by atoms with Crippen molar-refractivity contribution in [3.63, 3.8) is 0 Å². The number of allylic oxidation sites excluding steroid dienone is 4. The lowest BCUT2D eigenvalue weighted by Crippen LogP contribution is -2.46. The standard InChI is InChI=1S/C12H18O2.C10H15Cl.C10H16O2.C8H13Cl/c1-5-6-10-7-11(12(10,3)4)8-14-9(2)13;1-4-5-8-6-9(7-11)10(8,2)3;1-7-5-9(10(7,3)4)6-12-8(2)11;1-6-4-7(5-9)8(6,2)3/h6,10-11H,1,7-8H2,2-4H3;5,8-9H,1,6-7H2,2-3H3;9H,1,5-6H2,2-4H3;7H,1,4-5H2,2-3H3. The van der Waals surface area contributed by atoms with Crippen LogP contribution in [0.15, 0.2) is 61.1 Å². The molecule has 0 saturated heterocycles. The third-order valence-corrected chi connectivity index (χ3v) is 12.7. The van der Waals surface area contributed by atoms with Gasteiger partial charge in [0.15, 0.2) is 0 Å². The number of rotatable bonds is 8. The fourth-order valence-electron chi connectivity index (χ4n) is 6.40. The number of hydrogen-bond donors (Lipinski definition) is 0. The third kappa shape index (κ3) is 10.5. The Hall–Kier alpha value is -1.96. The van der Waals surface area contributed by atoms with E-state index in [4.69, 9.17) is 32.7 Å². The van der Waals surface area contributed by atoms with E-state index in [1.807, 2.05) is 6.08 Å². The topological polar surface area (TPSA) is 52.6 Å². The van der Waals surface area contributed by atoms with Gasteiger partial charge in [0.2, 0.25) is 0 Å². The molecular formula is C40H62Cl2O4. The van der Waals surface area contributed by atoms with Crippen LogP contribution in [0.5, 0.6) is 0 Å². The number of ether oxygens (including phenoxy) is 2. The Labute approximate surface area is 291 Å². The minimum atomic E-state index is -0.191. The fourth-order valence-corrected chi connectivity index (χ4v) is 7.42. The van der Waals surface area contributed by atoms with Crippen molar-refractivity contribution < 1.29 is 19.1 Å². The highest BCUT2D eigenvalue weighted by Gasteiger charge is 2.47. The second-order valence-corrected chi connectivity index (χ2v) is 16.4. The number of alkyl halides is 2. The molecule has 4 rings (SSSR count). The van der Waals surface area contributed by atoms with Crippen LogP contribution < -0.4 is 0 Å². The molecule has 0 amide bonds. The summed E-state index contributed by atoms with van der Waals surface area (Å²) in [4.78, 5) is 21.2. The fraction of sp³-hybridized carbons (Fsp3) is 0.700. The molecule has 0 aromatic heterocycles. The highest BCUT2D eigenvalue weighted by atomic mass is 35.5. The van der Waals surface area contributed by atoms with Crippen molar-refractivity contribution in [2.24, 2.45) is 57.2 Å². The predicted octanol–water partition coefficient (Wildman–Crippen LogP) is 10.8. The molecule has 4 aliphatic rings. The maximum absolute atomic E-state index is 10.7. The van der Waals surface area contributed by atoms with Gasteiger partial charge in [-0.25, -0.2) is 0 Å². The SMILES string of the molecule is C=C1CC(CCl)C1(C)C.C=C1CC(COC(C)=O)C1(C)C.C=C=CC1CC(CCl)C1(C)C.C=C=CC1CC(COC(C)=O)C1(C)C. The van der Waals surface area contributed by atoms with Gasteiger partial charge in [-0.15, -0.1) is 34.7 Å². The number of halogens is 2. The molecule has 0 N–H and O–H groups in total. The van der Waals surface area contributed by atoms with E-state index in [0.29, 0.717) is 59.6 Å². The first-order valence-electron chi connectivity index (χ1n) is 16.6.